The third-order valence-electron chi connectivity index (χ3n) is 7.74. The van der Waals surface area contributed by atoms with E-state index >= 15 is 0 Å². The average molecular weight is 548 g/mol. The third-order valence-corrected chi connectivity index (χ3v) is 7.74. The monoisotopic (exact) mass is 548 g/mol. The molecule has 0 aromatic heterocycles. The van der Waals surface area contributed by atoms with Crippen LogP contribution in [0.25, 0.3) is 0 Å². The Morgan fingerprint density at radius 3 is 1.59 bits per heavy atom. The highest BCUT2D eigenvalue weighted by atomic mass is 16.5. The molecule has 0 heterocycles. The van der Waals surface area contributed by atoms with Gasteiger partial charge in [-0.1, -0.05) is 147 Å². The number of carbonyl (C=O) groups is 1. The van der Waals surface area contributed by atoms with E-state index in [0.29, 0.717) is 19.1 Å². The van der Waals surface area contributed by atoms with Gasteiger partial charge in [0, 0.05) is 12.5 Å². The molecule has 1 atom stereocenters. The number of allylic oxidation sites excluding steroid dienone is 4. The molecule has 0 amide bonds. The zero-order valence-corrected chi connectivity index (χ0v) is 26.6. The molecular formula is C36H69NO2. The Morgan fingerprint density at radius 2 is 1.00 bits per heavy atom. The summed E-state index contributed by atoms with van der Waals surface area (Å²) in [7, 11) is 0. The maximum atomic E-state index is 11.8. The molecule has 230 valence electrons. The van der Waals surface area contributed by atoms with Crippen molar-refractivity contribution in [3.8, 4) is 0 Å². The van der Waals surface area contributed by atoms with Gasteiger partial charge in [-0.25, -0.2) is 0 Å². The van der Waals surface area contributed by atoms with Crippen LogP contribution in [0.3, 0.4) is 0 Å². The van der Waals surface area contributed by atoms with Crippen LogP contribution in [-0.2, 0) is 9.53 Å². The lowest BCUT2D eigenvalue weighted by Gasteiger charge is -2.11. The zero-order chi connectivity index (χ0) is 28.5. The maximum absolute atomic E-state index is 11.8. The number of carbonyl (C=O) groups excluding carboxylic acids is 1. The van der Waals surface area contributed by atoms with Gasteiger partial charge in [-0.15, -0.1) is 0 Å². The van der Waals surface area contributed by atoms with Gasteiger partial charge < -0.3 is 10.5 Å². The van der Waals surface area contributed by atoms with E-state index in [9.17, 15) is 4.79 Å². The van der Waals surface area contributed by atoms with Crippen LogP contribution in [0.15, 0.2) is 24.3 Å². The van der Waals surface area contributed by atoms with Crippen molar-refractivity contribution >= 4 is 5.97 Å². The van der Waals surface area contributed by atoms with Crippen LogP contribution < -0.4 is 5.73 Å². The smallest absolute Gasteiger partial charge is 0.305 e. The van der Waals surface area contributed by atoms with Crippen LogP contribution in [-0.4, -0.2) is 18.6 Å². The first-order valence-electron chi connectivity index (χ1n) is 17.4. The van der Waals surface area contributed by atoms with Gasteiger partial charge in [0.1, 0.15) is 0 Å². The van der Waals surface area contributed by atoms with E-state index in [1.807, 2.05) is 0 Å². The van der Waals surface area contributed by atoms with Crippen LogP contribution in [0.4, 0.5) is 0 Å². The van der Waals surface area contributed by atoms with E-state index in [1.54, 1.807) is 0 Å². The summed E-state index contributed by atoms with van der Waals surface area (Å²) in [6.45, 7) is 5.09. The molecule has 1 unspecified atom stereocenters. The number of hydrogen-bond acceptors (Lipinski definition) is 3. The minimum absolute atomic E-state index is 0.000656. The van der Waals surface area contributed by atoms with Crippen molar-refractivity contribution in [2.75, 3.05) is 6.61 Å². The van der Waals surface area contributed by atoms with Crippen LogP contribution >= 0.6 is 0 Å². The highest BCUT2D eigenvalue weighted by Crippen LogP contribution is 2.14. The summed E-state index contributed by atoms with van der Waals surface area (Å²) >= 11 is 0. The summed E-state index contributed by atoms with van der Waals surface area (Å²) in [5.74, 6) is -0.000656. The summed E-state index contributed by atoms with van der Waals surface area (Å²) in [6, 6.07) is 0.397. The van der Waals surface area contributed by atoms with E-state index in [1.165, 1.54) is 141 Å². The second-order valence-corrected chi connectivity index (χ2v) is 11.8. The fourth-order valence-corrected chi connectivity index (χ4v) is 5.06. The molecule has 0 radical (unpaired) electrons. The van der Waals surface area contributed by atoms with Gasteiger partial charge in [-0.3, -0.25) is 4.79 Å². The summed E-state index contributed by atoms with van der Waals surface area (Å²) in [5, 5.41) is 0. The second kappa shape index (κ2) is 33.1. The molecule has 3 nitrogen and oxygen atoms in total. The number of nitrogens with two attached hydrogens (primary N) is 1. The minimum atomic E-state index is -0.000656. The average Bonchev–Trinajstić information content (AvgIpc) is 2.93. The minimum Gasteiger partial charge on any atom is -0.466 e. The summed E-state index contributed by atoms with van der Waals surface area (Å²) in [4.78, 5) is 11.8. The van der Waals surface area contributed by atoms with Crippen molar-refractivity contribution in [2.24, 2.45) is 5.73 Å². The maximum Gasteiger partial charge on any atom is 0.305 e. The number of unbranched alkanes of at least 4 members (excludes halogenated alkanes) is 19. The largest absolute Gasteiger partial charge is 0.466 e. The summed E-state index contributed by atoms with van der Waals surface area (Å²) in [6.07, 6.45) is 42.6. The first kappa shape index (κ1) is 37.9. The van der Waals surface area contributed by atoms with Crippen LogP contribution in [0.5, 0.6) is 0 Å². The van der Waals surface area contributed by atoms with E-state index in [4.69, 9.17) is 10.5 Å². The predicted octanol–water partition coefficient (Wildman–Crippen LogP) is 11.5. The Hall–Kier alpha value is -1.09. The molecule has 0 fully saturated rings. The second-order valence-electron chi connectivity index (χ2n) is 11.8. The Bertz CT molecular complexity index is 542. The number of rotatable bonds is 31. The Labute approximate surface area is 245 Å². The lowest BCUT2D eigenvalue weighted by Crippen LogP contribution is -2.19. The van der Waals surface area contributed by atoms with Gasteiger partial charge in [0.25, 0.3) is 0 Å². The molecule has 0 saturated heterocycles. The van der Waals surface area contributed by atoms with Crippen molar-refractivity contribution in [2.45, 2.75) is 193 Å². The molecule has 0 bridgehead atoms. The molecule has 0 spiro atoms. The molecule has 0 saturated carbocycles. The third kappa shape index (κ3) is 33.0. The first-order valence-corrected chi connectivity index (χ1v) is 17.4. The fraction of sp³-hybridized carbons (Fsp3) is 0.861. The standard InChI is InChI=1S/C36H69NO2/c1-3-5-7-9-10-11-12-13-14-15-16-17-18-20-23-27-31-35(37)32-28-24-21-19-22-25-29-33-36(38)39-34-30-26-8-6-4-2/h10-11,13-14,35H,3-9,12,15-34,37H2,1-2H3/b11-10-,14-13-. The molecule has 0 aromatic carbocycles. The van der Waals surface area contributed by atoms with Gasteiger partial charge >= 0.3 is 5.97 Å². The van der Waals surface area contributed by atoms with Crippen molar-refractivity contribution < 1.29 is 9.53 Å². The number of esters is 1. The van der Waals surface area contributed by atoms with Gasteiger partial charge in [0.2, 0.25) is 0 Å². The van der Waals surface area contributed by atoms with Gasteiger partial charge in [0.05, 0.1) is 6.61 Å². The van der Waals surface area contributed by atoms with Gasteiger partial charge in [-0.2, -0.15) is 0 Å². The lowest BCUT2D eigenvalue weighted by atomic mass is 10.0. The molecule has 0 aliphatic rings. The zero-order valence-electron chi connectivity index (χ0n) is 26.6. The van der Waals surface area contributed by atoms with Gasteiger partial charge in [0.15, 0.2) is 0 Å². The van der Waals surface area contributed by atoms with Crippen molar-refractivity contribution in [3.63, 3.8) is 0 Å². The predicted molar refractivity (Wildman–Crippen MR) is 173 cm³/mol. The fourth-order valence-electron chi connectivity index (χ4n) is 5.06. The molecule has 2 N–H and O–H groups in total. The van der Waals surface area contributed by atoms with E-state index < -0.39 is 0 Å². The molecule has 39 heavy (non-hydrogen) atoms. The summed E-state index contributed by atoms with van der Waals surface area (Å²) < 4.78 is 5.33. The quantitative estimate of drug-likeness (QED) is 0.0533. The first-order chi connectivity index (χ1) is 19.2. The SMILES string of the molecule is CCCCC/C=C\C/C=C\CCCCCCCCC(N)CCCCCCCCCC(=O)OCCCCCCC. The Kier molecular flexibility index (Phi) is 32.2. The van der Waals surface area contributed by atoms with Crippen molar-refractivity contribution in [1.82, 2.24) is 0 Å². The van der Waals surface area contributed by atoms with Crippen LogP contribution in [0, 0.1) is 0 Å². The highest BCUT2D eigenvalue weighted by molar-refractivity contribution is 5.69. The number of ether oxygens (including phenoxy) is 1. The number of hydrogen-bond donors (Lipinski definition) is 1. The molecule has 0 aromatic rings. The van der Waals surface area contributed by atoms with Gasteiger partial charge in [-0.05, 0) is 57.8 Å². The Morgan fingerprint density at radius 1 is 0.564 bits per heavy atom. The topological polar surface area (TPSA) is 52.3 Å². The Balaban J connectivity index is 3.29. The molecule has 3 heteroatoms. The lowest BCUT2D eigenvalue weighted by molar-refractivity contribution is -0.143. The molecule has 0 aliphatic heterocycles. The normalized spacial score (nSPS) is 12.6. The molecule has 0 rings (SSSR count). The van der Waals surface area contributed by atoms with Crippen LogP contribution in [0.1, 0.15) is 187 Å². The molecule has 0 aliphatic carbocycles. The van der Waals surface area contributed by atoms with E-state index in [-0.39, 0.29) is 5.97 Å². The van der Waals surface area contributed by atoms with Crippen molar-refractivity contribution in [3.05, 3.63) is 24.3 Å². The highest BCUT2D eigenvalue weighted by Gasteiger charge is 2.04. The van der Waals surface area contributed by atoms with E-state index in [0.717, 1.165) is 25.7 Å². The van der Waals surface area contributed by atoms with E-state index in [2.05, 4.69) is 38.2 Å². The van der Waals surface area contributed by atoms with Crippen molar-refractivity contribution in [1.29, 1.82) is 0 Å². The summed E-state index contributed by atoms with van der Waals surface area (Å²) in [5.41, 5.74) is 6.35. The molecular weight excluding hydrogens is 478 g/mol. The van der Waals surface area contributed by atoms with Crippen LogP contribution in [0.2, 0.25) is 0 Å².